The van der Waals surface area contributed by atoms with Crippen LogP contribution in [0.25, 0.3) is 10.6 Å². The molecule has 2 fully saturated rings. The molecule has 43 heavy (non-hydrogen) atoms. The van der Waals surface area contributed by atoms with Gasteiger partial charge in [0, 0.05) is 42.5 Å². The summed E-state index contributed by atoms with van der Waals surface area (Å²) in [4.78, 5) is 33.5. The standard InChI is InChI=1S/C28H32ClFN6O5S2/c1-35-11-9-20(10-12-35)41-19-6-3-17(4-7-19)28-32-16-21(42-28)15-31-26(37)24-14-25(36(2)43(39,40)34-24)27(38)33-18-5-8-23(30)22(29)13-18/h3-8,13,16,20,24-25,34H,9-12,14-15H2,1-2H3,(H,31,37)(H,33,38). The van der Waals surface area contributed by atoms with Crippen LogP contribution in [0, 0.1) is 5.82 Å². The molecule has 0 aliphatic carbocycles. The molecule has 3 N–H and O–H groups in total. The number of anilines is 1. The van der Waals surface area contributed by atoms with Gasteiger partial charge in [-0.25, -0.2) is 9.37 Å². The van der Waals surface area contributed by atoms with Crippen LogP contribution >= 0.6 is 22.9 Å². The average molecular weight is 651 g/mol. The second-order valence-electron chi connectivity index (χ2n) is 10.6. The highest BCUT2D eigenvalue weighted by Gasteiger charge is 2.42. The number of carbonyl (C=O) groups is 2. The Morgan fingerprint density at radius 3 is 2.56 bits per heavy atom. The quantitative estimate of drug-likeness (QED) is 0.341. The van der Waals surface area contributed by atoms with Crippen molar-refractivity contribution >= 4 is 50.6 Å². The normalized spacial score (nSPS) is 21.3. The Labute approximate surface area is 258 Å². The lowest BCUT2D eigenvalue weighted by molar-refractivity contribution is -0.124. The Hall–Kier alpha value is -3.14. The van der Waals surface area contributed by atoms with Crippen molar-refractivity contribution in [3.05, 3.63) is 64.4 Å². The lowest BCUT2D eigenvalue weighted by Gasteiger charge is -2.35. The number of likely N-dealkylation sites (N-methyl/N-ethyl adjacent to an activating group) is 1. The highest BCUT2D eigenvalue weighted by atomic mass is 35.5. The van der Waals surface area contributed by atoms with E-state index in [0.29, 0.717) is 0 Å². The number of aromatic nitrogens is 1. The number of carbonyl (C=O) groups excluding carboxylic acids is 2. The van der Waals surface area contributed by atoms with E-state index in [4.69, 9.17) is 16.3 Å². The molecule has 1 aromatic heterocycles. The third-order valence-corrected chi connectivity index (χ3v) is 10.4. The van der Waals surface area contributed by atoms with Gasteiger partial charge in [-0.3, -0.25) is 9.59 Å². The summed E-state index contributed by atoms with van der Waals surface area (Å²) in [5.74, 6) is -1.10. The highest BCUT2D eigenvalue weighted by Crippen LogP contribution is 2.28. The minimum Gasteiger partial charge on any atom is -0.490 e. The zero-order valence-corrected chi connectivity index (χ0v) is 25.9. The summed E-state index contributed by atoms with van der Waals surface area (Å²) in [6.07, 6.45) is 3.74. The predicted octanol–water partition coefficient (Wildman–Crippen LogP) is 3.24. The van der Waals surface area contributed by atoms with E-state index >= 15 is 0 Å². The maximum Gasteiger partial charge on any atom is 0.280 e. The number of nitrogens with zero attached hydrogens (tertiary/aromatic N) is 3. The first-order valence-electron chi connectivity index (χ1n) is 13.7. The van der Waals surface area contributed by atoms with Crippen molar-refractivity contribution in [2.75, 3.05) is 32.5 Å². The van der Waals surface area contributed by atoms with Gasteiger partial charge >= 0.3 is 0 Å². The number of benzene rings is 2. The van der Waals surface area contributed by atoms with Crippen LogP contribution in [0.4, 0.5) is 10.1 Å². The van der Waals surface area contributed by atoms with Gasteiger partial charge < -0.3 is 20.3 Å². The van der Waals surface area contributed by atoms with Crippen LogP contribution in [0.5, 0.6) is 5.75 Å². The van der Waals surface area contributed by atoms with E-state index in [1.807, 2.05) is 24.3 Å². The van der Waals surface area contributed by atoms with Crippen molar-refractivity contribution in [2.24, 2.45) is 0 Å². The number of hydrogen-bond donors (Lipinski definition) is 3. The molecular formula is C28H32ClFN6O5S2. The van der Waals surface area contributed by atoms with Crippen molar-refractivity contribution in [1.82, 2.24) is 24.2 Å². The number of halogens is 2. The van der Waals surface area contributed by atoms with Gasteiger partial charge in [-0.2, -0.15) is 17.4 Å². The third-order valence-electron chi connectivity index (χ3n) is 7.43. The number of piperidine rings is 1. The first-order valence-corrected chi connectivity index (χ1v) is 16.3. The Bertz CT molecular complexity index is 1580. The summed E-state index contributed by atoms with van der Waals surface area (Å²) >= 11 is 7.19. The maximum absolute atomic E-state index is 13.5. The van der Waals surface area contributed by atoms with Crippen LogP contribution in [-0.2, 0) is 26.3 Å². The van der Waals surface area contributed by atoms with Crippen LogP contribution in [0.3, 0.4) is 0 Å². The fourth-order valence-corrected chi connectivity index (χ4v) is 7.16. The van der Waals surface area contributed by atoms with E-state index in [0.717, 1.165) is 57.5 Å². The van der Waals surface area contributed by atoms with E-state index in [1.165, 1.54) is 30.5 Å². The van der Waals surface area contributed by atoms with E-state index < -0.39 is 39.9 Å². The second kappa shape index (κ2) is 13.2. The van der Waals surface area contributed by atoms with Crippen molar-refractivity contribution in [3.8, 4) is 16.3 Å². The molecule has 2 aliphatic rings. The van der Waals surface area contributed by atoms with Crippen molar-refractivity contribution in [1.29, 1.82) is 0 Å². The molecule has 2 amide bonds. The molecule has 0 bridgehead atoms. The van der Waals surface area contributed by atoms with E-state index in [2.05, 4.69) is 32.3 Å². The summed E-state index contributed by atoms with van der Waals surface area (Å²) in [5.41, 5.74) is 1.11. The molecule has 3 heterocycles. The number of hydrogen-bond acceptors (Lipinski definition) is 8. The second-order valence-corrected chi connectivity index (χ2v) is 13.8. The van der Waals surface area contributed by atoms with Crippen LogP contribution in [0.2, 0.25) is 5.02 Å². The van der Waals surface area contributed by atoms with Gasteiger partial charge in [0.05, 0.1) is 11.6 Å². The summed E-state index contributed by atoms with van der Waals surface area (Å²) in [6.45, 7) is 2.18. The van der Waals surface area contributed by atoms with Gasteiger partial charge in [0.2, 0.25) is 11.8 Å². The van der Waals surface area contributed by atoms with Crippen molar-refractivity contribution < 1.29 is 27.1 Å². The van der Waals surface area contributed by atoms with Gasteiger partial charge in [0.15, 0.2) is 0 Å². The zero-order valence-electron chi connectivity index (χ0n) is 23.5. The van der Waals surface area contributed by atoms with Crippen LogP contribution < -0.4 is 20.1 Å². The van der Waals surface area contributed by atoms with Crippen LogP contribution in [-0.4, -0.2) is 79.8 Å². The molecular weight excluding hydrogens is 619 g/mol. The molecule has 2 unspecified atom stereocenters. The highest BCUT2D eigenvalue weighted by molar-refractivity contribution is 7.87. The summed E-state index contributed by atoms with van der Waals surface area (Å²) in [7, 11) is -0.781. The molecule has 11 nitrogen and oxygen atoms in total. The van der Waals surface area contributed by atoms with E-state index in [9.17, 15) is 22.4 Å². The predicted molar refractivity (Wildman–Crippen MR) is 163 cm³/mol. The van der Waals surface area contributed by atoms with Gasteiger partial charge in [-0.1, -0.05) is 11.6 Å². The van der Waals surface area contributed by atoms with Gasteiger partial charge in [0.25, 0.3) is 10.2 Å². The molecule has 0 saturated carbocycles. The van der Waals surface area contributed by atoms with Crippen molar-refractivity contribution in [3.63, 3.8) is 0 Å². The summed E-state index contributed by atoms with van der Waals surface area (Å²) < 4.78 is 48.2. The van der Waals surface area contributed by atoms with Gasteiger partial charge in [-0.15, -0.1) is 11.3 Å². The molecule has 0 radical (unpaired) electrons. The molecule has 2 aliphatic heterocycles. The molecule has 0 spiro atoms. The number of thiazole rings is 1. The van der Waals surface area contributed by atoms with Crippen LogP contribution in [0.15, 0.2) is 48.7 Å². The first kappa shape index (κ1) is 31.3. The molecule has 15 heteroatoms. The fourth-order valence-electron chi connectivity index (χ4n) is 4.87. The number of amides is 2. The molecule has 3 aromatic rings. The number of ether oxygens (including phenoxy) is 1. The summed E-state index contributed by atoms with van der Waals surface area (Å²) in [5, 5.41) is 5.85. The number of rotatable bonds is 8. The minimum atomic E-state index is -4.13. The number of nitrogens with one attached hydrogen (secondary N) is 3. The average Bonchev–Trinajstić information content (AvgIpc) is 3.45. The largest absolute Gasteiger partial charge is 0.490 e. The summed E-state index contributed by atoms with van der Waals surface area (Å²) in [6, 6.07) is 9.00. The van der Waals surface area contributed by atoms with Gasteiger partial charge in [0.1, 0.15) is 34.8 Å². The molecule has 230 valence electrons. The first-order chi connectivity index (χ1) is 20.5. The Kier molecular flexibility index (Phi) is 9.63. The number of likely N-dealkylation sites (tertiary alicyclic amines) is 1. The molecule has 2 aromatic carbocycles. The molecule has 2 saturated heterocycles. The van der Waals surface area contributed by atoms with Crippen LogP contribution in [0.1, 0.15) is 24.1 Å². The van der Waals surface area contributed by atoms with E-state index in [1.54, 1.807) is 6.20 Å². The monoisotopic (exact) mass is 650 g/mol. The van der Waals surface area contributed by atoms with Gasteiger partial charge in [-0.05, 0) is 68.8 Å². The molecule has 2 atom stereocenters. The Balaban J connectivity index is 1.16. The zero-order chi connectivity index (χ0) is 30.7. The lowest BCUT2D eigenvalue weighted by atomic mass is 10.1. The van der Waals surface area contributed by atoms with Crippen molar-refractivity contribution in [2.45, 2.75) is 44.0 Å². The minimum absolute atomic E-state index is 0.123. The Morgan fingerprint density at radius 2 is 1.86 bits per heavy atom. The fraction of sp³-hybridized carbons (Fsp3) is 0.393. The SMILES string of the molecule is CN1CCC(Oc2ccc(-c3ncc(CNC(=O)C4CC(C(=O)Nc5ccc(F)c(Cl)c5)N(C)S(=O)(=O)N4)s3)cc2)CC1. The third kappa shape index (κ3) is 7.69. The molecule has 5 rings (SSSR count). The van der Waals surface area contributed by atoms with E-state index in [-0.39, 0.29) is 29.8 Å². The topological polar surface area (TPSA) is 133 Å². The smallest absolute Gasteiger partial charge is 0.280 e. The lowest BCUT2D eigenvalue weighted by Crippen LogP contribution is -2.62. The maximum atomic E-state index is 13.5. The Morgan fingerprint density at radius 1 is 1.14 bits per heavy atom.